The average Bonchev–Trinajstić information content (AvgIpc) is 2.38. The number of rotatable bonds is 5. The van der Waals surface area contributed by atoms with Crippen LogP contribution in [0.1, 0.15) is 18.4 Å². The molecule has 0 fully saturated rings. The molecule has 4 nitrogen and oxygen atoms in total. The van der Waals surface area contributed by atoms with Crippen LogP contribution in [0.3, 0.4) is 0 Å². The lowest BCUT2D eigenvalue weighted by Gasteiger charge is -2.24. The van der Waals surface area contributed by atoms with Crippen molar-refractivity contribution in [2.75, 3.05) is 28.3 Å². The summed E-state index contributed by atoms with van der Waals surface area (Å²) in [5, 5.41) is 9.21. The van der Waals surface area contributed by atoms with Crippen LogP contribution in [0.5, 0.6) is 11.5 Å². The Labute approximate surface area is 109 Å². The molecule has 0 radical (unpaired) electrons. The van der Waals surface area contributed by atoms with E-state index in [-0.39, 0.29) is 12.0 Å². The molecule has 1 aromatic rings. The summed E-state index contributed by atoms with van der Waals surface area (Å²) in [6.45, 7) is 2.04. The summed E-state index contributed by atoms with van der Waals surface area (Å²) in [6.07, 6.45) is 0. The number of hydrogen-bond acceptors (Lipinski definition) is 4. The molecule has 2 unspecified atom stereocenters. The monoisotopic (exact) mass is 248 g/mol. The Hall–Kier alpha value is -1.73. The second-order valence-corrected chi connectivity index (χ2v) is 4.44. The molecule has 0 aromatic heterocycles. The molecule has 18 heavy (non-hydrogen) atoms. The predicted molar refractivity (Wildman–Crippen MR) is 71.0 cm³/mol. The van der Waals surface area contributed by atoms with Crippen molar-refractivity contribution in [3.8, 4) is 17.6 Å². The van der Waals surface area contributed by atoms with E-state index in [0.717, 1.165) is 5.56 Å². The average molecular weight is 248 g/mol. The molecule has 0 spiro atoms. The van der Waals surface area contributed by atoms with E-state index < -0.39 is 0 Å². The summed E-state index contributed by atoms with van der Waals surface area (Å²) in [5.74, 6) is 1.49. The van der Waals surface area contributed by atoms with Crippen LogP contribution in [0.2, 0.25) is 0 Å². The largest absolute Gasteiger partial charge is 0.493 e. The van der Waals surface area contributed by atoms with Crippen molar-refractivity contribution in [1.29, 1.82) is 5.26 Å². The maximum absolute atomic E-state index is 9.21. The minimum absolute atomic E-state index is 0.102. The maximum atomic E-state index is 9.21. The molecule has 0 bridgehead atoms. The van der Waals surface area contributed by atoms with Gasteiger partial charge in [-0.25, -0.2) is 0 Å². The van der Waals surface area contributed by atoms with E-state index in [0.29, 0.717) is 11.5 Å². The minimum Gasteiger partial charge on any atom is -0.493 e. The standard InChI is InChI=1S/C14H20N2O2/c1-10(12(9-15)16(2)3)11-6-7-13(17-4)14(8-11)18-5/h6-8,10,12H,1-5H3. The van der Waals surface area contributed by atoms with E-state index in [2.05, 4.69) is 6.07 Å². The van der Waals surface area contributed by atoms with Gasteiger partial charge < -0.3 is 9.47 Å². The molecule has 0 aliphatic rings. The zero-order valence-electron chi connectivity index (χ0n) is 11.6. The molecule has 0 aliphatic carbocycles. The predicted octanol–water partition coefficient (Wildman–Crippen LogP) is 2.26. The number of nitrogens with zero attached hydrogens (tertiary/aromatic N) is 2. The van der Waals surface area contributed by atoms with Gasteiger partial charge in [-0.3, -0.25) is 4.90 Å². The molecule has 1 aromatic carbocycles. The van der Waals surface area contributed by atoms with Crippen LogP contribution < -0.4 is 9.47 Å². The SMILES string of the molecule is COc1ccc(C(C)C(C#N)N(C)C)cc1OC. The van der Waals surface area contributed by atoms with Crippen LogP contribution in [0.25, 0.3) is 0 Å². The molecule has 4 heteroatoms. The number of nitriles is 1. The number of methoxy groups -OCH3 is 2. The third-order valence-corrected chi connectivity index (χ3v) is 3.10. The highest BCUT2D eigenvalue weighted by Crippen LogP contribution is 2.32. The lowest BCUT2D eigenvalue weighted by molar-refractivity contribution is 0.315. The van der Waals surface area contributed by atoms with Gasteiger partial charge >= 0.3 is 0 Å². The fourth-order valence-electron chi connectivity index (χ4n) is 1.99. The van der Waals surface area contributed by atoms with Crippen LogP contribution >= 0.6 is 0 Å². The second-order valence-electron chi connectivity index (χ2n) is 4.44. The zero-order valence-corrected chi connectivity index (χ0v) is 11.6. The molecule has 0 saturated heterocycles. The van der Waals surface area contributed by atoms with Gasteiger partial charge in [-0.15, -0.1) is 0 Å². The van der Waals surface area contributed by atoms with Gasteiger partial charge in [0, 0.05) is 5.92 Å². The first kappa shape index (κ1) is 14.3. The number of likely N-dealkylation sites (N-methyl/N-ethyl adjacent to an activating group) is 1. The Kier molecular flexibility index (Phi) is 4.99. The molecule has 0 saturated carbocycles. The van der Waals surface area contributed by atoms with E-state index in [4.69, 9.17) is 9.47 Å². The Balaban J connectivity index is 3.07. The van der Waals surface area contributed by atoms with Gasteiger partial charge in [0.1, 0.15) is 6.04 Å². The minimum atomic E-state index is -0.164. The van der Waals surface area contributed by atoms with E-state index in [1.807, 2.05) is 44.1 Å². The van der Waals surface area contributed by atoms with Crippen molar-refractivity contribution < 1.29 is 9.47 Å². The quantitative estimate of drug-likeness (QED) is 0.802. The van der Waals surface area contributed by atoms with Gasteiger partial charge in [0.2, 0.25) is 0 Å². The molecule has 0 aliphatic heterocycles. The first-order valence-electron chi connectivity index (χ1n) is 5.83. The summed E-state index contributed by atoms with van der Waals surface area (Å²) >= 11 is 0. The second kappa shape index (κ2) is 6.27. The zero-order chi connectivity index (χ0) is 13.7. The fourth-order valence-corrected chi connectivity index (χ4v) is 1.99. The third kappa shape index (κ3) is 2.93. The van der Waals surface area contributed by atoms with Gasteiger partial charge in [0.05, 0.1) is 20.3 Å². The van der Waals surface area contributed by atoms with Crippen molar-refractivity contribution in [2.24, 2.45) is 0 Å². The van der Waals surface area contributed by atoms with Crippen molar-refractivity contribution in [3.05, 3.63) is 23.8 Å². The van der Waals surface area contributed by atoms with E-state index >= 15 is 0 Å². The Morgan fingerprint density at radius 1 is 1.17 bits per heavy atom. The first-order chi connectivity index (χ1) is 8.54. The number of benzene rings is 1. The highest BCUT2D eigenvalue weighted by atomic mass is 16.5. The number of hydrogen-bond donors (Lipinski definition) is 0. The molecular weight excluding hydrogens is 228 g/mol. The molecule has 0 amide bonds. The molecule has 1 rings (SSSR count). The van der Waals surface area contributed by atoms with Gasteiger partial charge in [0.15, 0.2) is 11.5 Å². The molecule has 0 N–H and O–H groups in total. The molecule has 2 atom stereocenters. The Morgan fingerprint density at radius 3 is 2.22 bits per heavy atom. The summed E-state index contributed by atoms with van der Waals surface area (Å²) < 4.78 is 10.5. The fraction of sp³-hybridized carbons (Fsp3) is 0.500. The Morgan fingerprint density at radius 2 is 1.78 bits per heavy atom. The van der Waals surface area contributed by atoms with Crippen molar-refractivity contribution >= 4 is 0 Å². The van der Waals surface area contributed by atoms with Gasteiger partial charge in [-0.1, -0.05) is 13.0 Å². The lowest BCUT2D eigenvalue weighted by atomic mass is 9.93. The van der Waals surface area contributed by atoms with E-state index in [1.165, 1.54) is 0 Å². The topological polar surface area (TPSA) is 45.5 Å². The van der Waals surface area contributed by atoms with Crippen LogP contribution in [0, 0.1) is 11.3 Å². The summed E-state index contributed by atoms with van der Waals surface area (Å²) in [4.78, 5) is 1.92. The van der Waals surface area contributed by atoms with Gasteiger partial charge in [-0.05, 0) is 31.8 Å². The molecular formula is C14H20N2O2. The highest BCUT2D eigenvalue weighted by Gasteiger charge is 2.21. The van der Waals surface area contributed by atoms with Gasteiger partial charge in [-0.2, -0.15) is 5.26 Å². The van der Waals surface area contributed by atoms with E-state index in [9.17, 15) is 5.26 Å². The van der Waals surface area contributed by atoms with Crippen molar-refractivity contribution in [3.63, 3.8) is 0 Å². The molecule has 0 heterocycles. The maximum Gasteiger partial charge on any atom is 0.160 e. The summed E-state index contributed by atoms with van der Waals surface area (Å²) in [5.41, 5.74) is 1.06. The highest BCUT2D eigenvalue weighted by molar-refractivity contribution is 5.44. The van der Waals surface area contributed by atoms with Gasteiger partial charge in [0.25, 0.3) is 0 Å². The van der Waals surface area contributed by atoms with Crippen molar-refractivity contribution in [2.45, 2.75) is 18.9 Å². The smallest absolute Gasteiger partial charge is 0.160 e. The summed E-state index contributed by atoms with van der Waals surface area (Å²) in [6, 6.07) is 7.93. The van der Waals surface area contributed by atoms with Crippen LogP contribution in [0.15, 0.2) is 18.2 Å². The van der Waals surface area contributed by atoms with Crippen LogP contribution in [-0.2, 0) is 0 Å². The van der Waals surface area contributed by atoms with Crippen molar-refractivity contribution in [1.82, 2.24) is 4.90 Å². The first-order valence-corrected chi connectivity index (χ1v) is 5.83. The number of ether oxygens (including phenoxy) is 2. The van der Waals surface area contributed by atoms with Crippen LogP contribution in [0.4, 0.5) is 0 Å². The third-order valence-electron chi connectivity index (χ3n) is 3.10. The van der Waals surface area contributed by atoms with Crippen LogP contribution in [-0.4, -0.2) is 39.3 Å². The normalized spacial score (nSPS) is 13.8. The lowest BCUT2D eigenvalue weighted by Crippen LogP contribution is -2.31. The Bertz CT molecular complexity index is 438. The van der Waals surface area contributed by atoms with E-state index in [1.54, 1.807) is 14.2 Å². The molecule has 98 valence electrons. The summed E-state index contributed by atoms with van der Waals surface area (Å²) in [7, 11) is 7.04.